The second-order valence-corrected chi connectivity index (χ2v) is 3.74. The standard InChI is InChI=1S/C14H13N3O/c1-18-14-5-6-16-10-13(14)17-9-12-4-2-3-11(7-12)8-15/h2-7,10,17H,9H2,1H3. The van der Waals surface area contributed by atoms with Crippen molar-refractivity contribution in [3.05, 3.63) is 53.9 Å². The van der Waals surface area contributed by atoms with Gasteiger partial charge in [-0.25, -0.2) is 0 Å². The lowest BCUT2D eigenvalue weighted by Crippen LogP contribution is -2.01. The molecule has 2 rings (SSSR count). The van der Waals surface area contributed by atoms with Gasteiger partial charge < -0.3 is 10.1 Å². The molecule has 1 aromatic carbocycles. The van der Waals surface area contributed by atoms with Crippen molar-refractivity contribution in [2.75, 3.05) is 12.4 Å². The molecule has 0 aliphatic rings. The Bertz CT molecular complexity index is 575. The number of hydrogen-bond donors (Lipinski definition) is 1. The summed E-state index contributed by atoms with van der Waals surface area (Å²) in [6, 6.07) is 11.4. The molecular weight excluding hydrogens is 226 g/mol. The van der Waals surface area contributed by atoms with E-state index in [1.807, 2.05) is 18.2 Å². The van der Waals surface area contributed by atoms with Crippen LogP contribution in [-0.4, -0.2) is 12.1 Å². The van der Waals surface area contributed by atoms with Crippen molar-refractivity contribution >= 4 is 5.69 Å². The molecule has 1 N–H and O–H groups in total. The number of aromatic nitrogens is 1. The molecule has 0 aliphatic heterocycles. The number of pyridine rings is 1. The maximum Gasteiger partial charge on any atom is 0.145 e. The van der Waals surface area contributed by atoms with Crippen molar-refractivity contribution in [1.29, 1.82) is 5.26 Å². The fourth-order valence-electron chi connectivity index (χ4n) is 1.64. The maximum absolute atomic E-state index is 8.83. The third-order valence-corrected chi connectivity index (χ3v) is 2.54. The molecule has 0 atom stereocenters. The number of anilines is 1. The molecule has 0 spiro atoms. The first-order chi connectivity index (χ1) is 8.83. The minimum atomic E-state index is 0.623. The molecule has 0 bridgehead atoms. The van der Waals surface area contributed by atoms with E-state index < -0.39 is 0 Å². The molecular formula is C14H13N3O. The van der Waals surface area contributed by atoms with Crippen LogP contribution in [-0.2, 0) is 6.54 Å². The van der Waals surface area contributed by atoms with Crippen molar-refractivity contribution < 1.29 is 4.74 Å². The molecule has 0 unspecified atom stereocenters. The lowest BCUT2D eigenvalue weighted by molar-refractivity contribution is 0.416. The second-order valence-electron chi connectivity index (χ2n) is 3.74. The van der Waals surface area contributed by atoms with Gasteiger partial charge in [0.2, 0.25) is 0 Å². The molecule has 4 nitrogen and oxygen atoms in total. The molecule has 0 fully saturated rings. The van der Waals surface area contributed by atoms with Gasteiger partial charge in [-0.2, -0.15) is 5.26 Å². The smallest absolute Gasteiger partial charge is 0.145 e. The van der Waals surface area contributed by atoms with E-state index >= 15 is 0 Å². The summed E-state index contributed by atoms with van der Waals surface area (Å²) in [5.74, 6) is 0.751. The molecule has 1 heterocycles. The Balaban J connectivity index is 2.09. The van der Waals surface area contributed by atoms with Gasteiger partial charge in [-0.3, -0.25) is 4.98 Å². The number of nitriles is 1. The highest BCUT2D eigenvalue weighted by atomic mass is 16.5. The van der Waals surface area contributed by atoms with Crippen LogP contribution in [0.3, 0.4) is 0 Å². The summed E-state index contributed by atoms with van der Waals surface area (Å²) in [7, 11) is 1.62. The van der Waals surface area contributed by atoms with Gasteiger partial charge in [0.05, 0.1) is 30.6 Å². The van der Waals surface area contributed by atoms with Crippen LogP contribution in [0.1, 0.15) is 11.1 Å². The van der Waals surface area contributed by atoms with E-state index in [1.165, 1.54) is 0 Å². The summed E-state index contributed by atoms with van der Waals surface area (Å²) >= 11 is 0. The molecule has 4 heteroatoms. The lowest BCUT2D eigenvalue weighted by atomic mass is 10.1. The summed E-state index contributed by atoms with van der Waals surface area (Å²) < 4.78 is 5.22. The van der Waals surface area contributed by atoms with Gasteiger partial charge in [-0.1, -0.05) is 12.1 Å². The lowest BCUT2D eigenvalue weighted by Gasteiger charge is -2.10. The summed E-state index contributed by atoms with van der Waals surface area (Å²) in [6.45, 7) is 0.623. The SMILES string of the molecule is COc1ccncc1NCc1cccc(C#N)c1. The zero-order valence-corrected chi connectivity index (χ0v) is 10.1. The van der Waals surface area contributed by atoms with Crippen LogP contribution in [0.2, 0.25) is 0 Å². The molecule has 0 amide bonds. The Hall–Kier alpha value is -2.54. The van der Waals surface area contributed by atoms with Gasteiger partial charge in [0.15, 0.2) is 0 Å². The number of methoxy groups -OCH3 is 1. The fraction of sp³-hybridized carbons (Fsp3) is 0.143. The van der Waals surface area contributed by atoms with Crippen molar-refractivity contribution in [1.82, 2.24) is 4.98 Å². The molecule has 0 aliphatic carbocycles. The first-order valence-electron chi connectivity index (χ1n) is 5.54. The van der Waals surface area contributed by atoms with E-state index in [0.29, 0.717) is 12.1 Å². The van der Waals surface area contributed by atoms with Gasteiger partial charge in [0.1, 0.15) is 5.75 Å². The third-order valence-electron chi connectivity index (χ3n) is 2.54. The minimum Gasteiger partial charge on any atom is -0.494 e. The van der Waals surface area contributed by atoms with Crippen molar-refractivity contribution in [2.24, 2.45) is 0 Å². The zero-order chi connectivity index (χ0) is 12.8. The molecule has 1 aromatic heterocycles. The van der Waals surface area contributed by atoms with Crippen LogP contribution in [0.4, 0.5) is 5.69 Å². The van der Waals surface area contributed by atoms with Crippen molar-refractivity contribution in [3.63, 3.8) is 0 Å². The zero-order valence-electron chi connectivity index (χ0n) is 10.1. The van der Waals surface area contributed by atoms with Crippen LogP contribution in [0.25, 0.3) is 0 Å². The van der Waals surface area contributed by atoms with Crippen molar-refractivity contribution in [3.8, 4) is 11.8 Å². The molecule has 0 saturated carbocycles. The van der Waals surface area contributed by atoms with Crippen LogP contribution in [0.15, 0.2) is 42.7 Å². The predicted molar refractivity (Wildman–Crippen MR) is 69.3 cm³/mol. The number of hydrogen-bond acceptors (Lipinski definition) is 4. The van der Waals surface area contributed by atoms with Crippen LogP contribution < -0.4 is 10.1 Å². The van der Waals surface area contributed by atoms with E-state index in [0.717, 1.165) is 17.0 Å². The predicted octanol–water partition coefficient (Wildman–Crippen LogP) is 2.57. The Morgan fingerprint density at radius 2 is 2.28 bits per heavy atom. The highest BCUT2D eigenvalue weighted by Crippen LogP contribution is 2.22. The summed E-state index contributed by atoms with van der Waals surface area (Å²) in [6.07, 6.45) is 3.40. The second kappa shape index (κ2) is 5.69. The Morgan fingerprint density at radius 1 is 1.39 bits per heavy atom. The van der Waals surface area contributed by atoms with E-state index in [1.54, 1.807) is 31.6 Å². The molecule has 0 saturated heterocycles. The number of rotatable bonds is 4. The maximum atomic E-state index is 8.83. The highest BCUT2D eigenvalue weighted by Gasteiger charge is 2.02. The van der Waals surface area contributed by atoms with Gasteiger partial charge in [-0.05, 0) is 17.7 Å². The fourth-order valence-corrected chi connectivity index (χ4v) is 1.64. The first kappa shape index (κ1) is 11.9. The van der Waals surface area contributed by atoms with E-state index in [9.17, 15) is 0 Å². The number of ether oxygens (including phenoxy) is 1. The van der Waals surface area contributed by atoms with E-state index in [2.05, 4.69) is 16.4 Å². The van der Waals surface area contributed by atoms with Crippen LogP contribution >= 0.6 is 0 Å². The van der Waals surface area contributed by atoms with E-state index in [-0.39, 0.29) is 0 Å². The average Bonchev–Trinajstić information content (AvgIpc) is 2.45. The van der Waals surface area contributed by atoms with Gasteiger partial charge >= 0.3 is 0 Å². The largest absolute Gasteiger partial charge is 0.494 e. The molecule has 90 valence electrons. The Labute approximate surface area is 106 Å². The normalized spacial score (nSPS) is 9.56. The molecule has 2 aromatic rings. The van der Waals surface area contributed by atoms with Gasteiger partial charge in [-0.15, -0.1) is 0 Å². The Kier molecular flexibility index (Phi) is 3.77. The summed E-state index contributed by atoms with van der Waals surface area (Å²) in [4.78, 5) is 4.04. The topological polar surface area (TPSA) is 57.9 Å². The summed E-state index contributed by atoms with van der Waals surface area (Å²) in [5, 5.41) is 12.1. The number of benzene rings is 1. The number of nitrogens with one attached hydrogen (secondary N) is 1. The minimum absolute atomic E-state index is 0.623. The van der Waals surface area contributed by atoms with Gasteiger partial charge in [0.25, 0.3) is 0 Å². The van der Waals surface area contributed by atoms with Gasteiger partial charge in [0, 0.05) is 18.8 Å². The monoisotopic (exact) mass is 239 g/mol. The molecule has 18 heavy (non-hydrogen) atoms. The summed E-state index contributed by atoms with van der Waals surface area (Å²) in [5.41, 5.74) is 2.54. The third kappa shape index (κ3) is 2.77. The number of nitrogens with zero attached hydrogens (tertiary/aromatic N) is 2. The van der Waals surface area contributed by atoms with Crippen molar-refractivity contribution in [2.45, 2.75) is 6.54 Å². The molecule has 0 radical (unpaired) electrons. The first-order valence-corrected chi connectivity index (χ1v) is 5.54. The van der Waals surface area contributed by atoms with E-state index in [4.69, 9.17) is 10.00 Å². The quantitative estimate of drug-likeness (QED) is 0.890. The van der Waals surface area contributed by atoms with Crippen LogP contribution in [0, 0.1) is 11.3 Å². The highest BCUT2D eigenvalue weighted by molar-refractivity contribution is 5.54. The average molecular weight is 239 g/mol. The van der Waals surface area contributed by atoms with Crippen LogP contribution in [0.5, 0.6) is 5.75 Å². The Morgan fingerprint density at radius 3 is 3.06 bits per heavy atom.